The molecule has 4 heterocycles. The van der Waals surface area contributed by atoms with Crippen LogP contribution in [0.2, 0.25) is 0 Å². The molecule has 3 fully saturated rings. The van der Waals surface area contributed by atoms with E-state index in [0.29, 0.717) is 50.1 Å². The number of carbonyl (C=O) groups is 4. The number of rotatable bonds is 10. The van der Waals surface area contributed by atoms with Gasteiger partial charge in [0.1, 0.15) is 39.9 Å². The van der Waals surface area contributed by atoms with Crippen LogP contribution in [0.4, 0.5) is 4.79 Å². The largest absolute Gasteiger partial charge is 0.459 e. The molecule has 0 spiro atoms. The van der Waals surface area contributed by atoms with Crippen LogP contribution in [-0.4, -0.2) is 92.3 Å². The molecule has 348 valence electrons. The van der Waals surface area contributed by atoms with E-state index in [1.54, 1.807) is 39.0 Å². The number of nitrogens with zero attached hydrogens (tertiary/aromatic N) is 4. The Balaban J connectivity index is 1.11. The molecule has 4 amide bonds. The number of benzene rings is 2. The quantitative estimate of drug-likeness (QED) is 0.136. The zero-order valence-corrected chi connectivity index (χ0v) is 39.9. The van der Waals surface area contributed by atoms with Gasteiger partial charge in [-0.3, -0.25) is 23.7 Å². The Hall–Kier alpha value is -5.29. The van der Waals surface area contributed by atoms with Crippen molar-refractivity contribution in [2.75, 3.05) is 6.54 Å². The number of alkyl carbamates (subject to hydrolysis) is 1. The average molecular weight is 928 g/mol. The van der Waals surface area contributed by atoms with Crippen molar-refractivity contribution >= 4 is 56.2 Å². The summed E-state index contributed by atoms with van der Waals surface area (Å²) in [6, 6.07) is 12.4. The number of fused-ring (bicyclic) bond motifs is 3. The van der Waals surface area contributed by atoms with Gasteiger partial charge in [-0.05, 0) is 105 Å². The molecule has 5 atom stereocenters. The summed E-state index contributed by atoms with van der Waals surface area (Å²) in [4.78, 5) is 68.2. The van der Waals surface area contributed by atoms with Gasteiger partial charge in [0.05, 0.1) is 22.5 Å². The van der Waals surface area contributed by atoms with Crippen molar-refractivity contribution < 1.29 is 37.1 Å². The van der Waals surface area contributed by atoms with E-state index in [2.05, 4.69) is 51.9 Å². The van der Waals surface area contributed by atoms with Crippen LogP contribution in [0.1, 0.15) is 122 Å². The molecule has 2 saturated carbocycles. The smallest absolute Gasteiger partial charge is 0.408 e. The second kappa shape index (κ2) is 17.8. The van der Waals surface area contributed by atoms with Crippen LogP contribution < -0.4 is 20.1 Å². The van der Waals surface area contributed by atoms with Crippen molar-refractivity contribution in [1.29, 1.82) is 0 Å². The summed E-state index contributed by atoms with van der Waals surface area (Å²) in [5, 5.41) is 8.61. The van der Waals surface area contributed by atoms with Crippen molar-refractivity contribution in [2.24, 2.45) is 5.92 Å². The van der Waals surface area contributed by atoms with E-state index in [9.17, 15) is 27.6 Å². The molecule has 2 aliphatic carbocycles. The second-order valence-electron chi connectivity index (χ2n) is 19.7. The molecule has 4 aliphatic rings. The molecule has 0 radical (unpaired) electrons. The maximum absolute atomic E-state index is 14.8. The van der Waals surface area contributed by atoms with E-state index >= 15 is 0 Å². The molecule has 2 aromatic heterocycles. The van der Waals surface area contributed by atoms with E-state index in [1.165, 1.54) is 16.0 Å². The SMILES string of the molecule is Cc1ccc(Cc2csc(-c3cccc4c3nc(O[C@@H]3C[C@H]5C(=O)N[C@]6(C(=O)NS(=O)(=O)C7(C)CC7)C[C@@H]6/C=C\CCCCC[C@H](NC(=O)OC(C)(C)C)C(=O)N5C3)n4C(C)C)n2)cc1. The number of hydrogen-bond acceptors (Lipinski definition) is 11. The zero-order chi connectivity index (χ0) is 46.5. The number of amides is 4. The predicted molar refractivity (Wildman–Crippen MR) is 249 cm³/mol. The lowest BCUT2D eigenvalue weighted by Gasteiger charge is -2.30. The Morgan fingerprint density at radius 2 is 1.80 bits per heavy atom. The Morgan fingerprint density at radius 3 is 2.51 bits per heavy atom. The molecule has 8 rings (SSSR count). The fourth-order valence-electron chi connectivity index (χ4n) is 8.82. The molecule has 3 N–H and O–H groups in total. The molecule has 1 saturated heterocycles. The molecule has 4 aromatic rings. The maximum Gasteiger partial charge on any atom is 0.408 e. The lowest BCUT2D eigenvalue weighted by atomic mass is 10.0. The van der Waals surface area contributed by atoms with Gasteiger partial charge in [-0.1, -0.05) is 60.9 Å². The lowest BCUT2D eigenvalue weighted by molar-refractivity contribution is -0.141. The van der Waals surface area contributed by atoms with Crippen molar-refractivity contribution in [3.05, 3.63) is 76.8 Å². The number of carbonyl (C=O) groups excluding carboxylic acids is 4. The summed E-state index contributed by atoms with van der Waals surface area (Å²) in [6.07, 6.45) is 7.30. The Labute approximate surface area is 385 Å². The minimum absolute atomic E-state index is 0.0261. The van der Waals surface area contributed by atoms with Gasteiger partial charge in [0.15, 0.2) is 0 Å². The molecule has 0 unspecified atom stereocenters. The van der Waals surface area contributed by atoms with Crippen LogP contribution in [-0.2, 0) is 35.6 Å². The summed E-state index contributed by atoms with van der Waals surface area (Å²) in [6.45, 7) is 12.9. The van der Waals surface area contributed by atoms with Gasteiger partial charge in [0, 0.05) is 35.7 Å². The summed E-state index contributed by atoms with van der Waals surface area (Å²) in [7, 11) is -4.01. The predicted octanol–water partition coefficient (Wildman–Crippen LogP) is 7.28. The van der Waals surface area contributed by atoms with Crippen LogP contribution in [0, 0.1) is 12.8 Å². The minimum atomic E-state index is -4.01. The number of nitrogens with one attached hydrogen (secondary N) is 3. The normalized spacial score (nSPS) is 25.1. The van der Waals surface area contributed by atoms with Crippen molar-refractivity contribution in [3.8, 4) is 16.6 Å². The summed E-state index contributed by atoms with van der Waals surface area (Å²) in [5.41, 5.74) is 3.36. The monoisotopic (exact) mass is 927 g/mol. The van der Waals surface area contributed by atoms with E-state index < -0.39 is 73.8 Å². The number of allylic oxidation sites excluding steroid dienone is 1. The van der Waals surface area contributed by atoms with Gasteiger partial charge in [0.25, 0.3) is 11.9 Å². The number of hydrogen-bond donors (Lipinski definition) is 3. The molecule has 2 aromatic carbocycles. The first-order chi connectivity index (χ1) is 30.8. The topological polar surface area (TPSA) is 191 Å². The summed E-state index contributed by atoms with van der Waals surface area (Å²) < 4.78 is 42.2. The molecule has 65 heavy (non-hydrogen) atoms. The third-order valence-electron chi connectivity index (χ3n) is 12.9. The van der Waals surface area contributed by atoms with Gasteiger partial charge in [-0.25, -0.2) is 18.2 Å². The Morgan fingerprint density at radius 1 is 1.05 bits per heavy atom. The fourth-order valence-corrected chi connectivity index (χ4v) is 11.0. The van der Waals surface area contributed by atoms with Gasteiger partial charge in [-0.2, -0.15) is 4.98 Å². The van der Waals surface area contributed by atoms with Crippen LogP contribution in [0.25, 0.3) is 21.6 Å². The highest BCUT2D eigenvalue weighted by Crippen LogP contribution is 2.48. The number of aryl methyl sites for hydroxylation is 1. The first kappa shape index (κ1) is 46.2. The molecular formula is C48H61N7O8S2. The number of para-hydroxylation sites is 1. The van der Waals surface area contributed by atoms with Gasteiger partial charge < -0.3 is 25.0 Å². The third-order valence-corrected chi connectivity index (χ3v) is 16.0. The number of aromatic nitrogens is 3. The van der Waals surface area contributed by atoms with Crippen LogP contribution in [0.3, 0.4) is 0 Å². The van der Waals surface area contributed by atoms with E-state index in [1.807, 2.05) is 48.8 Å². The Bertz CT molecular complexity index is 2610. The van der Waals surface area contributed by atoms with Gasteiger partial charge >= 0.3 is 6.09 Å². The number of ether oxygens (including phenoxy) is 2. The second-order valence-corrected chi connectivity index (χ2v) is 22.8. The molecule has 17 heteroatoms. The van der Waals surface area contributed by atoms with Crippen molar-refractivity contribution in [3.63, 3.8) is 0 Å². The van der Waals surface area contributed by atoms with Gasteiger partial charge in [0.2, 0.25) is 21.8 Å². The van der Waals surface area contributed by atoms with Crippen LogP contribution >= 0.6 is 11.3 Å². The number of thiazole rings is 1. The third kappa shape index (κ3) is 9.96. The fraction of sp³-hybridized carbons (Fsp3) is 0.542. The Kier molecular flexibility index (Phi) is 12.7. The summed E-state index contributed by atoms with van der Waals surface area (Å²) >= 11 is 1.55. The average Bonchev–Trinajstić information content (AvgIpc) is 3.92. The number of sulfonamides is 1. The molecule has 2 aliphatic heterocycles. The summed E-state index contributed by atoms with van der Waals surface area (Å²) in [5.74, 6) is -2.36. The first-order valence-electron chi connectivity index (χ1n) is 22.8. The van der Waals surface area contributed by atoms with Crippen molar-refractivity contribution in [2.45, 2.75) is 153 Å². The first-order valence-corrected chi connectivity index (χ1v) is 25.2. The number of imidazole rings is 1. The highest BCUT2D eigenvalue weighted by atomic mass is 32.2. The van der Waals surface area contributed by atoms with E-state index in [0.717, 1.165) is 34.6 Å². The maximum atomic E-state index is 14.8. The molecule has 0 bridgehead atoms. The van der Waals surface area contributed by atoms with E-state index in [-0.39, 0.29) is 25.4 Å². The lowest BCUT2D eigenvalue weighted by Crippen LogP contribution is -2.58. The standard InChI is InChI=1S/C48H61N7O8S2/c1-29(2)55-37-17-13-15-35(41-49-33(28-64-41)24-31-20-18-30(3)19-21-31)39(37)51-44(55)62-34-25-38-40(56)52-48(43(58)53-65(60,61)47(7)22-23-47)26-32(48)14-11-9-8-10-12-16-36(42(57)54(38)27-34)50-45(59)63-46(4,5)6/h11,13-15,17-21,28-29,32,34,36,38H,8-10,12,16,22-27H2,1-7H3,(H,50,59)(H,52,56)(H,53,58)/b14-11-/t32-,34+,36-,38-,48+/m0/s1. The van der Waals surface area contributed by atoms with E-state index in [4.69, 9.17) is 19.4 Å². The molecule has 15 nitrogen and oxygen atoms in total. The zero-order valence-electron chi connectivity index (χ0n) is 38.3. The highest BCUT2D eigenvalue weighted by molar-refractivity contribution is 7.91. The van der Waals surface area contributed by atoms with Crippen LogP contribution in [0.5, 0.6) is 6.01 Å². The molecular weight excluding hydrogens is 867 g/mol. The minimum Gasteiger partial charge on any atom is -0.459 e. The highest BCUT2D eigenvalue weighted by Gasteiger charge is 2.63. The van der Waals surface area contributed by atoms with Crippen LogP contribution in [0.15, 0.2) is 60.0 Å². The van der Waals surface area contributed by atoms with Crippen molar-refractivity contribution in [1.82, 2.24) is 34.8 Å². The van der Waals surface area contributed by atoms with Gasteiger partial charge in [-0.15, -0.1) is 11.3 Å².